The van der Waals surface area contributed by atoms with Gasteiger partial charge < -0.3 is 14.8 Å². The van der Waals surface area contributed by atoms with Crippen LogP contribution in [0.4, 0.5) is 10.1 Å². The molecule has 5 nitrogen and oxygen atoms in total. The largest absolute Gasteiger partial charge is 0.489 e. The molecule has 30 heavy (non-hydrogen) atoms. The molecule has 1 aliphatic rings. The predicted octanol–water partition coefficient (Wildman–Crippen LogP) is 3.96. The fourth-order valence-corrected chi connectivity index (χ4v) is 3.49. The Bertz CT molecular complexity index is 997. The molecule has 3 aromatic carbocycles. The second kappa shape index (κ2) is 9.41. The van der Waals surface area contributed by atoms with Crippen LogP contribution in [0.15, 0.2) is 78.9 Å². The molecule has 0 unspecified atom stereocenters. The summed E-state index contributed by atoms with van der Waals surface area (Å²) in [5.74, 6) is 0.437. The number of amides is 1. The zero-order valence-electron chi connectivity index (χ0n) is 16.5. The highest BCUT2D eigenvalue weighted by Gasteiger charge is 2.32. The van der Waals surface area contributed by atoms with Gasteiger partial charge in [0.1, 0.15) is 19.0 Å². The maximum Gasteiger partial charge on any atom is 0.241 e. The van der Waals surface area contributed by atoms with Crippen LogP contribution in [-0.4, -0.2) is 32.2 Å². The minimum absolute atomic E-state index is 0.0644. The van der Waals surface area contributed by atoms with Crippen molar-refractivity contribution in [2.45, 2.75) is 6.04 Å². The summed E-state index contributed by atoms with van der Waals surface area (Å²) in [6.45, 7) is 1.21. The van der Waals surface area contributed by atoms with Crippen molar-refractivity contribution in [3.05, 3.63) is 90.2 Å². The van der Waals surface area contributed by atoms with E-state index in [1.807, 2.05) is 54.6 Å². The highest BCUT2D eigenvalue weighted by molar-refractivity contribution is 5.97. The zero-order valence-corrected chi connectivity index (χ0v) is 16.5. The highest BCUT2D eigenvalue weighted by atomic mass is 19.1. The molecule has 0 bridgehead atoms. The lowest BCUT2D eigenvalue weighted by Crippen LogP contribution is -2.45. The number of rotatable bonds is 7. The van der Waals surface area contributed by atoms with E-state index >= 15 is 0 Å². The van der Waals surface area contributed by atoms with Crippen LogP contribution in [0.25, 0.3) is 0 Å². The fraction of sp³-hybridized carbons (Fsp3) is 0.208. The second-order valence-corrected chi connectivity index (χ2v) is 6.92. The third-order valence-corrected chi connectivity index (χ3v) is 4.94. The molecule has 4 rings (SSSR count). The molecule has 0 saturated carbocycles. The molecule has 1 amide bonds. The van der Waals surface area contributed by atoms with Crippen molar-refractivity contribution in [3.63, 3.8) is 0 Å². The van der Waals surface area contributed by atoms with E-state index in [1.165, 1.54) is 6.07 Å². The standard InChI is InChI=1S/C24H23FN2O3/c25-19-10-4-6-12-22(19)29-15-14-26-16-24(28)27-20-11-5-7-13-23(20)30-17-21(27)18-8-2-1-3-9-18/h1-13,21,26H,14-17H2/t21-/m0/s1. The minimum atomic E-state index is -0.399. The average molecular weight is 406 g/mol. The predicted molar refractivity (Wildman–Crippen MR) is 113 cm³/mol. The molecular weight excluding hydrogens is 383 g/mol. The number of carbonyl (C=O) groups excluding carboxylic acids is 1. The smallest absolute Gasteiger partial charge is 0.241 e. The van der Waals surface area contributed by atoms with E-state index in [0.717, 1.165) is 11.3 Å². The van der Waals surface area contributed by atoms with E-state index in [2.05, 4.69) is 5.32 Å². The molecule has 3 aromatic rings. The molecule has 0 aromatic heterocycles. The van der Waals surface area contributed by atoms with Crippen LogP contribution in [0.2, 0.25) is 0 Å². The summed E-state index contributed by atoms with van der Waals surface area (Å²) in [6, 6.07) is 23.5. The lowest BCUT2D eigenvalue weighted by Gasteiger charge is -2.37. The van der Waals surface area contributed by atoms with Gasteiger partial charge in [0.2, 0.25) is 5.91 Å². The molecule has 0 saturated heterocycles. The lowest BCUT2D eigenvalue weighted by atomic mass is 10.0. The van der Waals surface area contributed by atoms with Gasteiger partial charge in [-0.25, -0.2) is 4.39 Å². The number of nitrogens with zero attached hydrogens (tertiary/aromatic N) is 1. The van der Waals surface area contributed by atoms with Crippen molar-refractivity contribution < 1.29 is 18.7 Å². The van der Waals surface area contributed by atoms with Crippen LogP contribution in [0.5, 0.6) is 11.5 Å². The monoisotopic (exact) mass is 406 g/mol. The lowest BCUT2D eigenvalue weighted by molar-refractivity contribution is -0.118. The zero-order chi connectivity index (χ0) is 20.8. The number of fused-ring (bicyclic) bond motifs is 1. The summed E-state index contributed by atoms with van der Waals surface area (Å²) >= 11 is 0. The van der Waals surface area contributed by atoms with Crippen LogP contribution >= 0.6 is 0 Å². The first kappa shape index (κ1) is 19.9. The van der Waals surface area contributed by atoms with Gasteiger partial charge in [-0.15, -0.1) is 0 Å². The topological polar surface area (TPSA) is 50.8 Å². The van der Waals surface area contributed by atoms with Gasteiger partial charge in [-0.1, -0.05) is 54.6 Å². The van der Waals surface area contributed by atoms with Crippen molar-refractivity contribution in [2.75, 3.05) is 31.2 Å². The maximum absolute atomic E-state index is 13.6. The number of halogens is 1. The summed E-state index contributed by atoms with van der Waals surface area (Å²) in [5, 5.41) is 3.10. The molecule has 0 aliphatic carbocycles. The van der Waals surface area contributed by atoms with Gasteiger partial charge >= 0.3 is 0 Å². The molecule has 1 aliphatic heterocycles. The number of nitrogens with one attached hydrogen (secondary N) is 1. The summed E-state index contributed by atoms with van der Waals surface area (Å²) in [7, 11) is 0. The Kier molecular flexibility index (Phi) is 6.25. The molecule has 1 atom stereocenters. The van der Waals surface area contributed by atoms with E-state index in [-0.39, 0.29) is 30.9 Å². The van der Waals surface area contributed by atoms with Crippen molar-refractivity contribution in [2.24, 2.45) is 0 Å². The van der Waals surface area contributed by atoms with E-state index in [4.69, 9.17) is 9.47 Å². The van der Waals surface area contributed by atoms with Crippen LogP contribution < -0.4 is 19.7 Å². The Morgan fingerprint density at radius 2 is 1.77 bits per heavy atom. The summed E-state index contributed by atoms with van der Waals surface area (Å²) < 4.78 is 24.9. The molecule has 0 radical (unpaired) electrons. The first-order valence-electron chi connectivity index (χ1n) is 9.91. The first-order chi connectivity index (χ1) is 14.7. The quantitative estimate of drug-likeness (QED) is 0.604. The van der Waals surface area contributed by atoms with Gasteiger partial charge in [0.05, 0.1) is 18.3 Å². The molecule has 154 valence electrons. The second-order valence-electron chi connectivity index (χ2n) is 6.92. The number of hydrogen-bond acceptors (Lipinski definition) is 4. The average Bonchev–Trinajstić information content (AvgIpc) is 2.79. The number of hydrogen-bond donors (Lipinski definition) is 1. The van der Waals surface area contributed by atoms with E-state index < -0.39 is 5.82 Å². The number of ether oxygens (including phenoxy) is 2. The van der Waals surface area contributed by atoms with Crippen molar-refractivity contribution >= 4 is 11.6 Å². The molecule has 1 heterocycles. The van der Waals surface area contributed by atoms with Gasteiger partial charge in [0, 0.05) is 6.54 Å². The van der Waals surface area contributed by atoms with Gasteiger partial charge in [0.25, 0.3) is 0 Å². The minimum Gasteiger partial charge on any atom is -0.489 e. The molecule has 0 spiro atoms. The molecule has 6 heteroatoms. The Morgan fingerprint density at radius 1 is 1.03 bits per heavy atom. The SMILES string of the molecule is O=C(CNCCOc1ccccc1F)N1c2ccccc2OC[C@H]1c1ccccc1. The highest BCUT2D eigenvalue weighted by Crippen LogP contribution is 2.39. The summed E-state index contributed by atoms with van der Waals surface area (Å²) in [4.78, 5) is 14.9. The van der Waals surface area contributed by atoms with Crippen molar-refractivity contribution in [3.8, 4) is 11.5 Å². The Morgan fingerprint density at radius 3 is 2.60 bits per heavy atom. The number of para-hydroxylation sites is 3. The fourth-order valence-electron chi connectivity index (χ4n) is 3.49. The normalized spacial score (nSPS) is 15.2. The maximum atomic E-state index is 13.6. The third-order valence-electron chi connectivity index (χ3n) is 4.94. The molecule has 0 fully saturated rings. The summed E-state index contributed by atoms with van der Waals surface area (Å²) in [6.07, 6.45) is 0. The molecular formula is C24H23FN2O3. The van der Waals surface area contributed by atoms with Crippen LogP contribution in [0.3, 0.4) is 0 Å². The Balaban J connectivity index is 1.40. The van der Waals surface area contributed by atoms with Gasteiger partial charge in [-0.2, -0.15) is 0 Å². The Hall–Kier alpha value is -3.38. The number of carbonyl (C=O) groups is 1. The van der Waals surface area contributed by atoms with Crippen molar-refractivity contribution in [1.29, 1.82) is 0 Å². The van der Waals surface area contributed by atoms with Gasteiger partial charge in [0.15, 0.2) is 11.6 Å². The Labute approximate surface area is 175 Å². The first-order valence-corrected chi connectivity index (χ1v) is 9.91. The van der Waals surface area contributed by atoms with Gasteiger partial charge in [-0.05, 0) is 29.8 Å². The van der Waals surface area contributed by atoms with Gasteiger partial charge in [-0.3, -0.25) is 9.69 Å². The van der Waals surface area contributed by atoms with E-state index in [1.54, 1.807) is 23.1 Å². The van der Waals surface area contributed by atoms with Crippen LogP contribution in [0.1, 0.15) is 11.6 Å². The third kappa shape index (κ3) is 4.44. The van der Waals surface area contributed by atoms with E-state index in [9.17, 15) is 9.18 Å². The number of anilines is 1. The summed E-state index contributed by atoms with van der Waals surface area (Å²) in [5.41, 5.74) is 1.77. The van der Waals surface area contributed by atoms with Crippen LogP contribution in [0, 0.1) is 5.82 Å². The number of benzene rings is 3. The molecule has 1 N–H and O–H groups in total. The van der Waals surface area contributed by atoms with Crippen LogP contribution in [-0.2, 0) is 4.79 Å². The van der Waals surface area contributed by atoms with Crippen molar-refractivity contribution in [1.82, 2.24) is 5.32 Å². The van der Waals surface area contributed by atoms with E-state index in [0.29, 0.717) is 18.9 Å².